The molecule has 0 aromatic heterocycles. The standard InChI is InChI=1S/C24H33NO2/c1-2-17-27-24-11-7-6-10-21(24)19-25-22-12-14-23(15-13-22)26-18-16-20-8-4-3-5-9-20/h6-7,10-15,20,25H,2-5,8-9,16-19H2,1H3. The maximum atomic E-state index is 5.94. The van der Waals surface area contributed by atoms with E-state index in [0.29, 0.717) is 0 Å². The molecule has 2 aromatic carbocycles. The summed E-state index contributed by atoms with van der Waals surface area (Å²) in [6, 6.07) is 16.5. The van der Waals surface area contributed by atoms with Gasteiger partial charge in [0, 0.05) is 17.8 Å². The topological polar surface area (TPSA) is 30.5 Å². The number of anilines is 1. The molecule has 0 aliphatic heterocycles. The van der Waals surface area contributed by atoms with Gasteiger partial charge in [-0.05, 0) is 49.1 Å². The summed E-state index contributed by atoms with van der Waals surface area (Å²) in [5.74, 6) is 2.80. The van der Waals surface area contributed by atoms with Gasteiger partial charge in [0.15, 0.2) is 0 Å². The summed E-state index contributed by atoms with van der Waals surface area (Å²) in [6.45, 7) is 4.46. The van der Waals surface area contributed by atoms with Gasteiger partial charge in [-0.1, -0.05) is 57.2 Å². The van der Waals surface area contributed by atoms with Crippen molar-refractivity contribution in [1.29, 1.82) is 0 Å². The fourth-order valence-electron chi connectivity index (χ4n) is 3.69. The normalized spacial score (nSPS) is 14.7. The van der Waals surface area contributed by atoms with Crippen molar-refractivity contribution in [1.82, 2.24) is 0 Å². The van der Waals surface area contributed by atoms with Gasteiger partial charge in [-0.3, -0.25) is 0 Å². The Balaban J connectivity index is 1.44. The zero-order valence-corrected chi connectivity index (χ0v) is 16.6. The fourth-order valence-corrected chi connectivity index (χ4v) is 3.69. The smallest absolute Gasteiger partial charge is 0.124 e. The highest BCUT2D eigenvalue weighted by molar-refractivity contribution is 5.47. The van der Waals surface area contributed by atoms with Crippen LogP contribution in [-0.4, -0.2) is 13.2 Å². The monoisotopic (exact) mass is 367 g/mol. The lowest BCUT2D eigenvalue weighted by atomic mass is 9.87. The molecule has 0 saturated heterocycles. The van der Waals surface area contributed by atoms with Crippen LogP contribution in [0.1, 0.15) is 57.4 Å². The minimum Gasteiger partial charge on any atom is -0.494 e. The van der Waals surface area contributed by atoms with Crippen LogP contribution in [0.3, 0.4) is 0 Å². The molecule has 146 valence electrons. The summed E-state index contributed by atoms with van der Waals surface area (Å²) in [7, 11) is 0. The largest absolute Gasteiger partial charge is 0.494 e. The quantitative estimate of drug-likeness (QED) is 0.524. The first-order chi connectivity index (χ1) is 13.3. The summed E-state index contributed by atoms with van der Waals surface area (Å²) in [5.41, 5.74) is 2.28. The van der Waals surface area contributed by atoms with Gasteiger partial charge in [0.1, 0.15) is 11.5 Å². The van der Waals surface area contributed by atoms with E-state index in [2.05, 4.69) is 48.6 Å². The van der Waals surface area contributed by atoms with Gasteiger partial charge in [-0.2, -0.15) is 0 Å². The number of hydrogen-bond donors (Lipinski definition) is 1. The predicted octanol–water partition coefficient (Wildman–Crippen LogP) is 6.44. The van der Waals surface area contributed by atoms with Crippen molar-refractivity contribution >= 4 is 5.69 Å². The lowest BCUT2D eigenvalue weighted by molar-refractivity contribution is 0.246. The second-order valence-corrected chi connectivity index (χ2v) is 7.48. The van der Waals surface area contributed by atoms with Crippen molar-refractivity contribution < 1.29 is 9.47 Å². The highest BCUT2D eigenvalue weighted by Crippen LogP contribution is 2.27. The van der Waals surface area contributed by atoms with Crippen LogP contribution in [0, 0.1) is 5.92 Å². The van der Waals surface area contributed by atoms with Crippen molar-refractivity contribution in [2.24, 2.45) is 5.92 Å². The first kappa shape index (κ1) is 19.6. The summed E-state index contributed by atoms with van der Waals surface area (Å²) in [6.07, 6.45) is 9.19. The Bertz CT molecular complexity index is 662. The minimum atomic E-state index is 0.752. The van der Waals surface area contributed by atoms with Crippen LogP contribution in [-0.2, 0) is 6.54 Å². The summed E-state index contributed by atoms with van der Waals surface area (Å²) >= 11 is 0. The van der Waals surface area contributed by atoms with Crippen LogP contribution in [0.4, 0.5) is 5.69 Å². The molecule has 0 atom stereocenters. The molecule has 1 saturated carbocycles. The van der Waals surface area contributed by atoms with Crippen LogP contribution in [0.25, 0.3) is 0 Å². The zero-order chi connectivity index (χ0) is 18.7. The number of benzene rings is 2. The Labute approximate surface area is 164 Å². The molecule has 3 nitrogen and oxygen atoms in total. The van der Waals surface area contributed by atoms with E-state index in [0.717, 1.165) is 49.3 Å². The number of ether oxygens (including phenoxy) is 2. The number of para-hydroxylation sites is 1. The first-order valence-electron chi connectivity index (χ1n) is 10.5. The van der Waals surface area contributed by atoms with Crippen molar-refractivity contribution in [2.75, 3.05) is 18.5 Å². The van der Waals surface area contributed by atoms with E-state index in [1.807, 2.05) is 12.1 Å². The van der Waals surface area contributed by atoms with Gasteiger partial charge in [-0.25, -0.2) is 0 Å². The Morgan fingerprint density at radius 2 is 1.67 bits per heavy atom. The first-order valence-corrected chi connectivity index (χ1v) is 10.5. The molecule has 27 heavy (non-hydrogen) atoms. The molecule has 3 heteroatoms. The van der Waals surface area contributed by atoms with Crippen LogP contribution in [0.2, 0.25) is 0 Å². The van der Waals surface area contributed by atoms with Crippen LogP contribution < -0.4 is 14.8 Å². The molecule has 0 bridgehead atoms. The Morgan fingerprint density at radius 3 is 2.44 bits per heavy atom. The molecule has 2 aromatic rings. The van der Waals surface area contributed by atoms with Crippen LogP contribution in [0.15, 0.2) is 48.5 Å². The molecule has 3 rings (SSSR count). The van der Waals surface area contributed by atoms with E-state index in [9.17, 15) is 0 Å². The van der Waals surface area contributed by atoms with E-state index >= 15 is 0 Å². The van der Waals surface area contributed by atoms with Gasteiger partial charge in [-0.15, -0.1) is 0 Å². The van der Waals surface area contributed by atoms with E-state index in [4.69, 9.17) is 9.47 Å². The lowest BCUT2D eigenvalue weighted by Crippen LogP contribution is -2.10. The highest BCUT2D eigenvalue weighted by atomic mass is 16.5. The third-order valence-corrected chi connectivity index (χ3v) is 5.29. The second-order valence-electron chi connectivity index (χ2n) is 7.48. The van der Waals surface area contributed by atoms with E-state index < -0.39 is 0 Å². The van der Waals surface area contributed by atoms with Crippen LogP contribution in [0.5, 0.6) is 11.5 Å². The molecule has 1 fully saturated rings. The summed E-state index contributed by atoms with van der Waals surface area (Å²) in [5, 5.41) is 3.48. The molecule has 0 unspecified atom stereocenters. The zero-order valence-electron chi connectivity index (χ0n) is 16.6. The molecule has 0 radical (unpaired) electrons. The molecule has 0 heterocycles. The Hall–Kier alpha value is -2.16. The van der Waals surface area contributed by atoms with Gasteiger partial charge in [0.25, 0.3) is 0 Å². The van der Waals surface area contributed by atoms with Crippen LogP contribution >= 0.6 is 0 Å². The van der Waals surface area contributed by atoms with Gasteiger partial charge >= 0.3 is 0 Å². The van der Waals surface area contributed by atoms with Crippen molar-refractivity contribution in [2.45, 2.75) is 58.4 Å². The molecule has 0 amide bonds. The predicted molar refractivity (Wildman–Crippen MR) is 113 cm³/mol. The van der Waals surface area contributed by atoms with Gasteiger partial charge in [0.2, 0.25) is 0 Å². The second kappa shape index (κ2) is 10.9. The van der Waals surface area contributed by atoms with E-state index in [-0.39, 0.29) is 0 Å². The fraction of sp³-hybridized carbons (Fsp3) is 0.500. The lowest BCUT2D eigenvalue weighted by Gasteiger charge is -2.21. The molecule has 1 N–H and O–H groups in total. The third-order valence-electron chi connectivity index (χ3n) is 5.29. The van der Waals surface area contributed by atoms with E-state index in [1.54, 1.807) is 0 Å². The Morgan fingerprint density at radius 1 is 0.889 bits per heavy atom. The minimum absolute atomic E-state index is 0.752. The number of rotatable bonds is 10. The number of hydrogen-bond acceptors (Lipinski definition) is 3. The van der Waals surface area contributed by atoms with Gasteiger partial charge in [0.05, 0.1) is 13.2 Å². The van der Waals surface area contributed by atoms with Crippen molar-refractivity contribution in [3.8, 4) is 11.5 Å². The maximum absolute atomic E-state index is 5.94. The summed E-state index contributed by atoms with van der Waals surface area (Å²) < 4.78 is 11.8. The average Bonchev–Trinajstić information content (AvgIpc) is 2.73. The summed E-state index contributed by atoms with van der Waals surface area (Å²) in [4.78, 5) is 0. The number of nitrogens with one attached hydrogen (secondary N) is 1. The Kier molecular flexibility index (Phi) is 7.88. The molecular formula is C24H33NO2. The third kappa shape index (κ3) is 6.50. The maximum Gasteiger partial charge on any atom is 0.124 e. The molecule has 1 aliphatic carbocycles. The average molecular weight is 368 g/mol. The molecular weight excluding hydrogens is 334 g/mol. The van der Waals surface area contributed by atoms with Crippen molar-refractivity contribution in [3.63, 3.8) is 0 Å². The van der Waals surface area contributed by atoms with Gasteiger partial charge < -0.3 is 14.8 Å². The highest BCUT2D eigenvalue weighted by Gasteiger charge is 2.13. The van der Waals surface area contributed by atoms with E-state index in [1.165, 1.54) is 44.1 Å². The molecule has 1 aliphatic rings. The van der Waals surface area contributed by atoms with Crippen molar-refractivity contribution in [3.05, 3.63) is 54.1 Å². The SMILES string of the molecule is CCCOc1ccccc1CNc1ccc(OCCC2CCCCC2)cc1. The molecule has 0 spiro atoms.